The predicted molar refractivity (Wildman–Crippen MR) is 119 cm³/mol. The normalized spacial score (nSPS) is 12.2. The van der Waals surface area contributed by atoms with Gasteiger partial charge in [-0.15, -0.1) is 0 Å². The molecule has 0 spiro atoms. The Kier molecular flexibility index (Phi) is 5.89. The van der Waals surface area contributed by atoms with Crippen LogP contribution in [0.1, 0.15) is 36.6 Å². The van der Waals surface area contributed by atoms with Crippen molar-refractivity contribution >= 4 is 46.7 Å². The van der Waals surface area contributed by atoms with Crippen LogP contribution in [-0.2, 0) is 9.53 Å². The number of fused-ring (bicyclic) bond motifs is 1. The van der Waals surface area contributed by atoms with Gasteiger partial charge in [0.05, 0.1) is 34.0 Å². The van der Waals surface area contributed by atoms with Crippen LogP contribution in [0.5, 0.6) is 0 Å². The van der Waals surface area contributed by atoms with E-state index in [9.17, 15) is 19.2 Å². The van der Waals surface area contributed by atoms with E-state index in [2.05, 4.69) is 5.32 Å². The standard InChI is InChI=1S/C24H14ClN3O5/c25-16-4-8-18(9-5-16)28-22(30)19-10-3-15(11-20(19)23(28)31)24(32)33-13-21(29)27-17-6-1-14(12-26)2-7-17/h1-11H,13H2,(H,27,29). The molecule has 1 aliphatic rings. The van der Waals surface area contributed by atoms with Gasteiger partial charge in [0.25, 0.3) is 17.7 Å². The number of nitrogens with zero attached hydrogens (tertiary/aromatic N) is 2. The molecule has 0 unspecified atom stereocenters. The highest BCUT2D eigenvalue weighted by molar-refractivity contribution is 6.35. The van der Waals surface area contributed by atoms with Crippen molar-refractivity contribution in [3.63, 3.8) is 0 Å². The van der Waals surface area contributed by atoms with Gasteiger partial charge in [-0.25, -0.2) is 9.69 Å². The van der Waals surface area contributed by atoms with E-state index in [1.165, 1.54) is 30.3 Å². The van der Waals surface area contributed by atoms with Gasteiger partial charge in [0.15, 0.2) is 6.61 Å². The van der Waals surface area contributed by atoms with Gasteiger partial charge in [0.1, 0.15) is 0 Å². The number of esters is 1. The zero-order valence-corrected chi connectivity index (χ0v) is 17.6. The van der Waals surface area contributed by atoms with Crippen LogP contribution in [-0.4, -0.2) is 30.3 Å². The van der Waals surface area contributed by atoms with Gasteiger partial charge in [-0.1, -0.05) is 11.6 Å². The summed E-state index contributed by atoms with van der Waals surface area (Å²) in [5.74, 6) is -2.49. The summed E-state index contributed by atoms with van der Waals surface area (Å²) in [6.07, 6.45) is 0. The van der Waals surface area contributed by atoms with E-state index in [4.69, 9.17) is 21.6 Å². The minimum absolute atomic E-state index is 0.0269. The van der Waals surface area contributed by atoms with Crippen LogP contribution >= 0.6 is 11.6 Å². The molecule has 8 nitrogen and oxygen atoms in total. The monoisotopic (exact) mass is 459 g/mol. The largest absolute Gasteiger partial charge is 0.452 e. The number of nitriles is 1. The zero-order chi connectivity index (χ0) is 23.5. The summed E-state index contributed by atoms with van der Waals surface area (Å²) in [5, 5.41) is 11.8. The average Bonchev–Trinajstić information content (AvgIpc) is 3.08. The Balaban J connectivity index is 1.43. The van der Waals surface area contributed by atoms with Crippen molar-refractivity contribution in [2.24, 2.45) is 0 Å². The SMILES string of the molecule is N#Cc1ccc(NC(=O)COC(=O)c2ccc3c(c2)C(=O)N(c2ccc(Cl)cc2)C3=O)cc1. The summed E-state index contributed by atoms with van der Waals surface area (Å²) in [5.41, 5.74) is 1.49. The first-order chi connectivity index (χ1) is 15.9. The lowest BCUT2D eigenvalue weighted by molar-refractivity contribution is -0.119. The maximum absolute atomic E-state index is 12.8. The van der Waals surface area contributed by atoms with Crippen LogP contribution in [0.25, 0.3) is 0 Å². The second-order valence-electron chi connectivity index (χ2n) is 7.00. The predicted octanol–water partition coefficient (Wildman–Crippen LogP) is 3.81. The van der Waals surface area contributed by atoms with Crippen molar-refractivity contribution in [3.05, 3.63) is 94.0 Å². The maximum Gasteiger partial charge on any atom is 0.338 e. The lowest BCUT2D eigenvalue weighted by Gasteiger charge is -2.13. The highest BCUT2D eigenvalue weighted by atomic mass is 35.5. The second kappa shape index (κ2) is 8.94. The number of carbonyl (C=O) groups is 4. The lowest BCUT2D eigenvalue weighted by Crippen LogP contribution is -2.29. The van der Waals surface area contributed by atoms with E-state index in [1.54, 1.807) is 36.4 Å². The van der Waals surface area contributed by atoms with Gasteiger partial charge in [-0.05, 0) is 66.7 Å². The first-order valence-corrected chi connectivity index (χ1v) is 10.0. The molecule has 3 aromatic rings. The molecular weight excluding hydrogens is 446 g/mol. The van der Waals surface area contributed by atoms with E-state index < -0.39 is 30.3 Å². The molecule has 0 fully saturated rings. The molecule has 3 amide bonds. The van der Waals surface area contributed by atoms with E-state index in [1.807, 2.05) is 6.07 Å². The number of nitrogens with one attached hydrogen (secondary N) is 1. The fourth-order valence-corrected chi connectivity index (χ4v) is 3.36. The van der Waals surface area contributed by atoms with Crippen LogP contribution in [0.2, 0.25) is 5.02 Å². The van der Waals surface area contributed by atoms with Gasteiger partial charge in [-0.2, -0.15) is 5.26 Å². The molecule has 3 aromatic carbocycles. The summed E-state index contributed by atoms with van der Waals surface area (Å²) in [6, 6.07) is 18.4. The second-order valence-corrected chi connectivity index (χ2v) is 7.43. The Hall–Kier alpha value is -4.48. The summed E-state index contributed by atoms with van der Waals surface area (Å²) in [6.45, 7) is -0.556. The summed E-state index contributed by atoms with van der Waals surface area (Å²) in [4.78, 5) is 50.9. The molecular formula is C24H14ClN3O5. The lowest BCUT2D eigenvalue weighted by atomic mass is 10.1. The summed E-state index contributed by atoms with van der Waals surface area (Å²) < 4.78 is 5.03. The number of carbonyl (C=O) groups excluding carboxylic acids is 4. The molecule has 0 atom stereocenters. The van der Waals surface area contributed by atoms with Crippen LogP contribution in [0.15, 0.2) is 66.7 Å². The highest BCUT2D eigenvalue weighted by Gasteiger charge is 2.37. The van der Waals surface area contributed by atoms with Crippen LogP contribution in [0, 0.1) is 11.3 Å². The number of imide groups is 1. The minimum Gasteiger partial charge on any atom is -0.452 e. The Morgan fingerprint density at radius 2 is 1.61 bits per heavy atom. The molecule has 0 bridgehead atoms. The fourth-order valence-electron chi connectivity index (χ4n) is 3.23. The molecule has 4 rings (SSSR count). The first-order valence-electron chi connectivity index (χ1n) is 9.63. The fraction of sp³-hybridized carbons (Fsp3) is 0.0417. The molecule has 0 radical (unpaired) electrons. The molecule has 162 valence electrons. The highest BCUT2D eigenvalue weighted by Crippen LogP contribution is 2.30. The topological polar surface area (TPSA) is 117 Å². The van der Waals surface area contributed by atoms with Crippen molar-refractivity contribution in [3.8, 4) is 6.07 Å². The number of hydrogen-bond donors (Lipinski definition) is 1. The first kappa shape index (κ1) is 21.7. The smallest absolute Gasteiger partial charge is 0.338 e. The molecule has 0 saturated heterocycles. The van der Waals surface area contributed by atoms with Gasteiger partial charge >= 0.3 is 5.97 Å². The van der Waals surface area contributed by atoms with E-state index in [0.717, 1.165) is 4.90 Å². The number of amides is 3. The third kappa shape index (κ3) is 4.44. The third-order valence-electron chi connectivity index (χ3n) is 4.84. The molecule has 0 aliphatic carbocycles. The molecule has 1 heterocycles. The Labute approximate surface area is 192 Å². The number of hydrogen-bond acceptors (Lipinski definition) is 6. The summed E-state index contributed by atoms with van der Waals surface area (Å²) >= 11 is 5.87. The molecule has 9 heteroatoms. The summed E-state index contributed by atoms with van der Waals surface area (Å²) in [7, 11) is 0. The zero-order valence-electron chi connectivity index (χ0n) is 16.9. The molecule has 33 heavy (non-hydrogen) atoms. The number of rotatable bonds is 5. The Bertz CT molecular complexity index is 1330. The number of benzene rings is 3. The van der Waals surface area contributed by atoms with E-state index >= 15 is 0 Å². The number of halogens is 1. The molecule has 1 N–H and O–H groups in total. The van der Waals surface area contributed by atoms with Crippen LogP contribution < -0.4 is 10.2 Å². The van der Waals surface area contributed by atoms with Crippen molar-refractivity contribution in [2.45, 2.75) is 0 Å². The van der Waals surface area contributed by atoms with Crippen LogP contribution in [0.3, 0.4) is 0 Å². The molecule has 1 aliphatic heterocycles. The Morgan fingerprint density at radius 1 is 0.939 bits per heavy atom. The van der Waals surface area contributed by atoms with Gasteiger partial charge in [0.2, 0.25) is 0 Å². The minimum atomic E-state index is -0.821. The van der Waals surface area contributed by atoms with Gasteiger partial charge in [0, 0.05) is 10.7 Å². The van der Waals surface area contributed by atoms with Crippen molar-refractivity contribution in [1.82, 2.24) is 0 Å². The third-order valence-corrected chi connectivity index (χ3v) is 5.09. The molecule has 0 aromatic heterocycles. The Morgan fingerprint density at radius 3 is 2.27 bits per heavy atom. The number of ether oxygens (including phenoxy) is 1. The van der Waals surface area contributed by atoms with Gasteiger partial charge < -0.3 is 10.1 Å². The maximum atomic E-state index is 12.8. The van der Waals surface area contributed by atoms with E-state index in [-0.39, 0.29) is 16.7 Å². The molecule has 0 saturated carbocycles. The van der Waals surface area contributed by atoms with Crippen molar-refractivity contribution in [1.29, 1.82) is 5.26 Å². The van der Waals surface area contributed by atoms with Gasteiger partial charge in [-0.3, -0.25) is 14.4 Å². The quantitative estimate of drug-likeness (QED) is 0.458. The van der Waals surface area contributed by atoms with Crippen molar-refractivity contribution in [2.75, 3.05) is 16.8 Å². The van der Waals surface area contributed by atoms with Crippen molar-refractivity contribution < 1.29 is 23.9 Å². The van der Waals surface area contributed by atoms with Crippen LogP contribution in [0.4, 0.5) is 11.4 Å². The number of anilines is 2. The average molecular weight is 460 g/mol. The van der Waals surface area contributed by atoms with E-state index in [0.29, 0.717) is 22.0 Å².